The monoisotopic (exact) mass is 205 g/mol. The number of rotatable bonds is 2. The lowest BCUT2D eigenvalue weighted by Crippen LogP contribution is -2.39. The first-order valence-corrected chi connectivity index (χ1v) is 5.27. The molecule has 80 valence electrons. The fourth-order valence-corrected chi connectivity index (χ4v) is 1.57. The van der Waals surface area contributed by atoms with E-state index in [1.807, 2.05) is 6.92 Å². The van der Waals surface area contributed by atoms with E-state index in [4.69, 9.17) is 0 Å². The third kappa shape index (κ3) is 2.12. The number of carbonyl (C=O) groups is 1. The summed E-state index contributed by atoms with van der Waals surface area (Å²) in [6, 6.07) is 5.35. The van der Waals surface area contributed by atoms with Crippen molar-refractivity contribution in [3.8, 4) is 5.75 Å². The van der Waals surface area contributed by atoms with Crippen molar-refractivity contribution < 1.29 is 9.90 Å². The molecule has 1 amide bonds. The second kappa shape index (κ2) is 3.93. The van der Waals surface area contributed by atoms with Crippen LogP contribution in [0.5, 0.6) is 5.75 Å². The van der Waals surface area contributed by atoms with E-state index in [9.17, 15) is 9.90 Å². The van der Waals surface area contributed by atoms with Crippen LogP contribution in [-0.2, 0) is 0 Å². The quantitative estimate of drug-likeness (QED) is 0.775. The number of benzene rings is 1. The summed E-state index contributed by atoms with van der Waals surface area (Å²) in [5.74, 6) is 0.0891. The Kier molecular flexibility index (Phi) is 2.62. The molecule has 0 saturated heterocycles. The largest absolute Gasteiger partial charge is 0.508 e. The van der Waals surface area contributed by atoms with Crippen molar-refractivity contribution in [3.63, 3.8) is 0 Å². The fourth-order valence-electron chi connectivity index (χ4n) is 1.57. The van der Waals surface area contributed by atoms with E-state index in [0.29, 0.717) is 11.6 Å². The molecule has 15 heavy (non-hydrogen) atoms. The first-order chi connectivity index (χ1) is 7.16. The third-order valence-electron chi connectivity index (χ3n) is 2.91. The number of nitrogens with one attached hydrogen (secondary N) is 1. The maximum Gasteiger partial charge on any atom is 0.251 e. The Balaban J connectivity index is 2.07. The van der Waals surface area contributed by atoms with Gasteiger partial charge >= 0.3 is 0 Å². The molecular formula is C12H15NO2. The SMILES string of the molecule is Cc1ccc(C(=O)NC2CCC2)cc1O. The molecule has 0 aromatic heterocycles. The number of hydrogen-bond acceptors (Lipinski definition) is 2. The van der Waals surface area contributed by atoms with Crippen LogP contribution in [-0.4, -0.2) is 17.1 Å². The van der Waals surface area contributed by atoms with Crippen molar-refractivity contribution in [2.24, 2.45) is 0 Å². The Bertz CT molecular complexity index is 383. The summed E-state index contributed by atoms with van der Waals surface area (Å²) in [7, 11) is 0. The molecular weight excluding hydrogens is 190 g/mol. The summed E-state index contributed by atoms with van der Waals surface area (Å²) in [4.78, 5) is 11.7. The van der Waals surface area contributed by atoms with E-state index in [0.717, 1.165) is 18.4 Å². The zero-order valence-electron chi connectivity index (χ0n) is 8.79. The second-order valence-corrected chi connectivity index (χ2v) is 4.10. The number of phenols is 1. The zero-order valence-corrected chi connectivity index (χ0v) is 8.79. The molecule has 3 heteroatoms. The fraction of sp³-hybridized carbons (Fsp3) is 0.417. The average Bonchev–Trinajstić information content (AvgIpc) is 2.15. The van der Waals surface area contributed by atoms with E-state index in [1.54, 1.807) is 12.1 Å². The molecule has 1 fully saturated rings. The summed E-state index contributed by atoms with van der Waals surface area (Å²) >= 11 is 0. The van der Waals surface area contributed by atoms with Gasteiger partial charge in [-0.25, -0.2) is 0 Å². The van der Waals surface area contributed by atoms with E-state index in [2.05, 4.69) is 5.32 Å². The van der Waals surface area contributed by atoms with Crippen LogP contribution in [0.4, 0.5) is 0 Å². The molecule has 0 spiro atoms. The average molecular weight is 205 g/mol. The topological polar surface area (TPSA) is 49.3 Å². The van der Waals surface area contributed by atoms with Crippen LogP contribution in [0.25, 0.3) is 0 Å². The predicted octanol–water partition coefficient (Wildman–Crippen LogP) is 1.98. The van der Waals surface area contributed by atoms with Gasteiger partial charge in [0.15, 0.2) is 0 Å². The minimum atomic E-state index is -0.0880. The van der Waals surface area contributed by atoms with Gasteiger partial charge in [-0.2, -0.15) is 0 Å². The Morgan fingerprint density at radius 2 is 2.20 bits per heavy atom. The van der Waals surface area contributed by atoms with Crippen LogP contribution >= 0.6 is 0 Å². The van der Waals surface area contributed by atoms with Crippen LogP contribution in [0, 0.1) is 6.92 Å². The highest BCUT2D eigenvalue weighted by Gasteiger charge is 2.20. The molecule has 0 unspecified atom stereocenters. The number of phenolic OH excluding ortho intramolecular Hbond substituents is 1. The normalized spacial score (nSPS) is 15.8. The van der Waals surface area contributed by atoms with Crippen molar-refractivity contribution in [3.05, 3.63) is 29.3 Å². The number of hydrogen-bond donors (Lipinski definition) is 2. The van der Waals surface area contributed by atoms with Crippen LogP contribution < -0.4 is 5.32 Å². The summed E-state index contributed by atoms with van der Waals surface area (Å²) in [6.45, 7) is 1.81. The highest BCUT2D eigenvalue weighted by atomic mass is 16.3. The molecule has 1 aliphatic carbocycles. The summed E-state index contributed by atoms with van der Waals surface area (Å²) in [5.41, 5.74) is 1.32. The lowest BCUT2D eigenvalue weighted by atomic mass is 9.93. The number of carbonyl (C=O) groups excluding carboxylic acids is 1. The first kappa shape index (κ1) is 10.0. The van der Waals surface area contributed by atoms with Gasteiger partial charge in [-0.05, 0) is 43.9 Å². The standard InChI is InChI=1S/C12H15NO2/c1-8-5-6-9(7-11(8)14)12(15)13-10-3-2-4-10/h5-7,10,14H,2-4H2,1H3,(H,13,15). The Labute approximate surface area is 89.1 Å². The second-order valence-electron chi connectivity index (χ2n) is 4.10. The third-order valence-corrected chi connectivity index (χ3v) is 2.91. The summed E-state index contributed by atoms with van der Waals surface area (Å²) in [6.07, 6.45) is 3.34. The van der Waals surface area contributed by atoms with Crippen LogP contribution in [0.1, 0.15) is 35.2 Å². The molecule has 0 aliphatic heterocycles. The molecule has 0 radical (unpaired) electrons. The van der Waals surface area contributed by atoms with Crippen LogP contribution in [0.3, 0.4) is 0 Å². The molecule has 1 aliphatic rings. The molecule has 1 aromatic rings. The van der Waals surface area contributed by atoms with Crippen molar-refractivity contribution >= 4 is 5.91 Å². The Morgan fingerprint density at radius 1 is 1.47 bits per heavy atom. The van der Waals surface area contributed by atoms with Gasteiger partial charge in [-0.3, -0.25) is 4.79 Å². The maximum atomic E-state index is 11.7. The van der Waals surface area contributed by atoms with Gasteiger partial charge < -0.3 is 10.4 Å². The van der Waals surface area contributed by atoms with Gasteiger partial charge in [0.05, 0.1) is 0 Å². The van der Waals surface area contributed by atoms with Crippen LogP contribution in [0.2, 0.25) is 0 Å². The molecule has 2 rings (SSSR count). The maximum absolute atomic E-state index is 11.7. The zero-order chi connectivity index (χ0) is 10.8. The minimum absolute atomic E-state index is 0.0880. The number of aryl methyl sites for hydroxylation is 1. The van der Waals surface area contributed by atoms with Gasteiger partial charge in [0.25, 0.3) is 5.91 Å². The first-order valence-electron chi connectivity index (χ1n) is 5.27. The molecule has 1 saturated carbocycles. The molecule has 2 N–H and O–H groups in total. The van der Waals surface area contributed by atoms with Gasteiger partial charge in [-0.15, -0.1) is 0 Å². The van der Waals surface area contributed by atoms with Gasteiger partial charge in [0, 0.05) is 11.6 Å². The van der Waals surface area contributed by atoms with E-state index in [-0.39, 0.29) is 11.7 Å². The Morgan fingerprint density at radius 3 is 2.73 bits per heavy atom. The minimum Gasteiger partial charge on any atom is -0.508 e. The number of amides is 1. The number of aromatic hydroxyl groups is 1. The van der Waals surface area contributed by atoms with E-state index in [1.165, 1.54) is 12.5 Å². The highest BCUT2D eigenvalue weighted by Crippen LogP contribution is 2.20. The predicted molar refractivity (Wildman–Crippen MR) is 57.9 cm³/mol. The van der Waals surface area contributed by atoms with Crippen molar-refractivity contribution in [1.29, 1.82) is 0 Å². The lowest BCUT2D eigenvalue weighted by Gasteiger charge is -2.26. The van der Waals surface area contributed by atoms with Crippen molar-refractivity contribution in [2.75, 3.05) is 0 Å². The van der Waals surface area contributed by atoms with Crippen LogP contribution in [0.15, 0.2) is 18.2 Å². The molecule has 0 bridgehead atoms. The molecule has 1 aromatic carbocycles. The smallest absolute Gasteiger partial charge is 0.251 e. The van der Waals surface area contributed by atoms with Gasteiger partial charge in [0.1, 0.15) is 5.75 Å². The van der Waals surface area contributed by atoms with E-state index >= 15 is 0 Å². The Hall–Kier alpha value is -1.51. The highest BCUT2D eigenvalue weighted by molar-refractivity contribution is 5.94. The molecule has 0 atom stereocenters. The van der Waals surface area contributed by atoms with Crippen molar-refractivity contribution in [1.82, 2.24) is 5.32 Å². The van der Waals surface area contributed by atoms with E-state index < -0.39 is 0 Å². The van der Waals surface area contributed by atoms with Gasteiger partial charge in [-0.1, -0.05) is 6.07 Å². The summed E-state index contributed by atoms with van der Waals surface area (Å²) in [5, 5.41) is 12.4. The lowest BCUT2D eigenvalue weighted by molar-refractivity contribution is 0.0916. The van der Waals surface area contributed by atoms with Gasteiger partial charge in [0.2, 0.25) is 0 Å². The summed E-state index contributed by atoms with van der Waals surface area (Å²) < 4.78 is 0. The van der Waals surface area contributed by atoms with Crippen molar-refractivity contribution in [2.45, 2.75) is 32.2 Å². The molecule has 3 nitrogen and oxygen atoms in total. The molecule has 0 heterocycles.